The van der Waals surface area contributed by atoms with Gasteiger partial charge >= 0.3 is 0 Å². The lowest BCUT2D eigenvalue weighted by Crippen LogP contribution is -2.37. The molecule has 0 unspecified atom stereocenters. The first-order chi connectivity index (χ1) is 11.3. The van der Waals surface area contributed by atoms with Gasteiger partial charge in [0.25, 0.3) is 0 Å². The lowest BCUT2D eigenvalue weighted by Gasteiger charge is -2.22. The number of imidazole rings is 1. The molecule has 0 aliphatic heterocycles. The molecule has 3 rings (SSSR count). The lowest BCUT2D eigenvalue weighted by atomic mass is 9.95. The molecule has 1 heterocycles. The normalized spacial score (nSPS) is 15.7. The van der Waals surface area contributed by atoms with Gasteiger partial charge in [-0.05, 0) is 25.0 Å². The van der Waals surface area contributed by atoms with Gasteiger partial charge < -0.3 is 9.88 Å². The van der Waals surface area contributed by atoms with Crippen LogP contribution in [0.3, 0.4) is 0 Å². The second kappa shape index (κ2) is 7.68. The number of hydrogen-bond acceptors (Lipinski definition) is 3. The van der Waals surface area contributed by atoms with Gasteiger partial charge in [0.1, 0.15) is 0 Å². The quantitative estimate of drug-likeness (QED) is 0.648. The molecule has 122 valence electrons. The number of fused-ring (bicyclic) bond motifs is 1. The first-order valence-electron chi connectivity index (χ1n) is 8.26. The van der Waals surface area contributed by atoms with E-state index in [4.69, 9.17) is 0 Å². The summed E-state index contributed by atoms with van der Waals surface area (Å²) in [5.41, 5.74) is 2.05. The summed E-state index contributed by atoms with van der Waals surface area (Å²) in [5, 5.41) is 4.04. The van der Waals surface area contributed by atoms with Crippen molar-refractivity contribution < 1.29 is 4.79 Å². The van der Waals surface area contributed by atoms with Crippen molar-refractivity contribution in [2.75, 3.05) is 5.75 Å². The Kier molecular flexibility index (Phi) is 5.39. The third-order valence-corrected chi connectivity index (χ3v) is 5.21. The van der Waals surface area contributed by atoms with E-state index in [0.29, 0.717) is 18.3 Å². The average Bonchev–Trinajstić information content (AvgIpc) is 2.92. The summed E-state index contributed by atoms with van der Waals surface area (Å²) < 4.78 is 2.11. The van der Waals surface area contributed by atoms with Crippen LogP contribution in [-0.2, 0) is 11.3 Å². The lowest BCUT2D eigenvalue weighted by molar-refractivity contribution is -0.119. The highest BCUT2D eigenvalue weighted by Gasteiger charge is 2.17. The van der Waals surface area contributed by atoms with Crippen LogP contribution in [0.4, 0.5) is 0 Å². The molecule has 2 aromatic rings. The molecule has 1 aliphatic rings. The Labute approximate surface area is 141 Å². The molecule has 4 nitrogen and oxygen atoms in total. The van der Waals surface area contributed by atoms with Gasteiger partial charge in [0, 0.05) is 12.6 Å². The zero-order valence-electron chi connectivity index (χ0n) is 13.3. The summed E-state index contributed by atoms with van der Waals surface area (Å²) in [6.45, 7) is 4.52. The molecule has 5 heteroatoms. The zero-order valence-corrected chi connectivity index (χ0v) is 14.1. The van der Waals surface area contributed by atoms with E-state index >= 15 is 0 Å². The number of nitrogens with zero attached hydrogens (tertiary/aromatic N) is 2. The fourth-order valence-corrected chi connectivity index (χ4v) is 3.95. The summed E-state index contributed by atoms with van der Waals surface area (Å²) in [6, 6.07) is 8.41. The van der Waals surface area contributed by atoms with Crippen LogP contribution in [0.25, 0.3) is 11.0 Å². The Morgan fingerprint density at radius 2 is 2.13 bits per heavy atom. The van der Waals surface area contributed by atoms with Crippen molar-refractivity contribution in [3.8, 4) is 0 Å². The van der Waals surface area contributed by atoms with Gasteiger partial charge in [0.05, 0.1) is 16.8 Å². The van der Waals surface area contributed by atoms with E-state index in [1.165, 1.54) is 31.0 Å². The number of rotatable bonds is 6. The van der Waals surface area contributed by atoms with Crippen molar-refractivity contribution in [2.24, 2.45) is 0 Å². The van der Waals surface area contributed by atoms with E-state index in [-0.39, 0.29) is 5.91 Å². The summed E-state index contributed by atoms with van der Waals surface area (Å²) >= 11 is 1.50. The summed E-state index contributed by atoms with van der Waals surface area (Å²) in [4.78, 5) is 16.8. The second-order valence-electron chi connectivity index (χ2n) is 5.97. The Bertz CT molecular complexity index is 689. The minimum atomic E-state index is 0.110. The summed E-state index contributed by atoms with van der Waals surface area (Å²) in [7, 11) is 0. The van der Waals surface area contributed by atoms with Crippen molar-refractivity contribution >= 4 is 28.7 Å². The van der Waals surface area contributed by atoms with E-state index in [2.05, 4.69) is 27.5 Å². The largest absolute Gasteiger partial charge is 0.353 e. The third-order valence-electron chi connectivity index (χ3n) is 4.23. The Balaban J connectivity index is 1.65. The van der Waals surface area contributed by atoms with Crippen molar-refractivity contribution in [3.63, 3.8) is 0 Å². The number of hydrogen-bond donors (Lipinski definition) is 1. The zero-order chi connectivity index (χ0) is 16.1. The predicted octanol–water partition coefficient (Wildman–Crippen LogP) is 3.76. The number of nitrogens with one attached hydrogen (secondary N) is 1. The van der Waals surface area contributed by atoms with Gasteiger partial charge in [-0.3, -0.25) is 4.79 Å². The minimum Gasteiger partial charge on any atom is -0.353 e. The fourth-order valence-electron chi connectivity index (χ4n) is 3.12. The highest BCUT2D eigenvalue weighted by Crippen LogP contribution is 2.24. The van der Waals surface area contributed by atoms with Crippen LogP contribution in [0, 0.1) is 0 Å². The molecular formula is C18H23N3OS. The number of allylic oxidation sites excluding steroid dienone is 1. The highest BCUT2D eigenvalue weighted by atomic mass is 32.2. The predicted molar refractivity (Wildman–Crippen MR) is 95.7 cm³/mol. The number of amides is 1. The molecule has 1 fully saturated rings. The Morgan fingerprint density at radius 1 is 1.35 bits per heavy atom. The average molecular weight is 329 g/mol. The van der Waals surface area contributed by atoms with Gasteiger partial charge in [-0.2, -0.15) is 0 Å². The van der Waals surface area contributed by atoms with Crippen LogP contribution < -0.4 is 5.32 Å². The van der Waals surface area contributed by atoms with Crippen molar-refractivity contribution in [1.82, 2.24) is 14.9 Å². The molecule has 1 saturated carbocycles. The van der Waals surface area contributed by atoms with Gasteiger partial charge in [-0.25, -0.2) is 4.98 Å². The first-order valence-corrected chi connectivity index (χ1v) is 9.25. The van der Waals surface area contributed by atoms with Crippen LogP contribution in [0.15, 0.2) is 42.1 Å². The van der Waals surface area contributed by atoms with E-state index in [1.54, 1.807) is 0 Å². The van der Waals surface area contributed by atoms with Crippen LogP contribution >= 0.6 is 11.8 Å². The maximum atomic E-state index is 12.2. The number of para-hydroxylation sites is 2. The maximum Gasteiger partial charge on any atom is 0.230 e. The highest BCUT2D eigenvalue weighted by molar-refractivity contribution is 7.99. The standard InChI is InChI=1S/C18H23N3OS/c1-2-12-21-16-11-7-6-10-15(16)20-18(21)23-13-17(22)19-14-8-4-3-5-9-14/h2,6-7,10-11,14H,1,3-5,8-9,12-13H2,(H,19,22). The van der Waals surface area contributed by atoms with E-state index in [9.17, 15) is 4.79 Å². The molecule has 1 amide bonds. The molecule has 0 bridgehead atoms. The first kappa shape index (κ1) is 16.1. The Hall–Kier alpha value is -1.75. The number of thioether (sulfide) groups is 1. The third kappa shape index (κ3) is 3.96. The molecular weight excluding hydrogens is 306 g/mol. The molecule has 1 aliphatic carbocycles. The molecule has 1 aromatic carbocycles. The maximum absolute atomic E-state index is 12.2. The molecule has 0 spiro atoms. The van der Waals surface area contributed by atoms with Gasteiger partial charge in [0.15, 0.2) is 5.16 Å². The van der Waals surface area contributed by atoms with Gasteiger partial charge in [-0.15, -0.1) is 6.58 Å². The van der Waals surface area contributed by atoms with Crippen LogP contribution in [0.1, 0.15) is 32.1 Å². The van der Waals surface area contributed by atoms with Gasteiger partial charge in [-0.1, -0.05) is 49.2 Å². The number of benzene rings is 1. The smallest absolute Gasteiger partial charge is 0.230 e. The Morgan fingerprint density at radius 3 is 2.91 bits per heavy atom. The van der Waals surface area contributed by atoms with Crippen LogP contribution in [0.2, 0.25) is 0 Å². The second-order valence-corrected chi connectivity index (χ2v) is 6.92. The minimum absolute atomic E-state index is 0.110. The van der Waals surface area contributed by atoms with Gasteiger partial charge in [0.2, 0.25) is 5.91 Å². The number of carbonyl (C=O) groups excluding carboxylic acids is 1. The molecule has 1 aromatic heterocycles. The van der Waals surface area contributed by atoms with E-state index in [0.717, 1.165) is 29.0 Å². The topological polar surface area (TPSA) is 46.9 Å². The summed E-state index contributed by atoms with van der Waals surface area (Å²) in [5.74, 6) is 0.524. The monoisotopic (exact) mass is 329 g/mol. The summed E-state index contributed by atoms with van der Waals surface area (Å²) in [6.07, 6.45) is 7.85. The SMILES string of the molecule is C=CCn1c(SCC(=O)NC2CCCCC2)nc2ccccc21. The fraction of sp³-hybridized carbons (Fsp3) is 0.444. The van der Waals surface area contributed by atoms with Crippen LogP contribution in [0.5, 0.6) is 0 Å². The molecule has 0 saturated heterocycles. The molecule has 1 N–H and O–H groups in total. The number of aromatic nitrogens is 2. The van der Waals surface area contributed by atoms with E-state index in [1.807, 2.05) is 24.3 Å². The van der Waals surface area contributed by atoms with Crippen molar-refractivity contribution in [1.29, 1.82) is 0 Å². The molecule has 23 heavy (non-hydrogen) atoms. The van der Waals surface area contributed by atoms with Crippen molar-refractivity contribution in [3.05, 3.63) is 36.9 Å². The molecule has 0 atom stereocenters. The molecule has 0 radical (unpaired) electrons. The van der Waals surface area contributed by atoms with E-state index < -0.39 is 0 Å². The van der Waals surface area contributed by atoms with Crippen LogP contribution in [-0.4, -0.2) is 27.3 Å². The number of carbonyl (C=O) groups is 1. The van der Waals surface area contributed by atoms with Crippen molar-refractivity contribution in [2.45, 2.75) is 49.8 Å².